The minimum absolute atomic E-state index is 0.0680. The van der Waals surface area contributed by atoms with Gasteiger partial charge < -0.3 is 29.7 Å². The predicted octanol–water partition coefficient (Wildman–Crippen LogP) is 6.75. The highest BCUT2D eigenvalue weighted by molar-refractivity contribution is 7.22. The van der Waals surface area contributed by atoms with Crippen LogP contribution in [0.4, 0.5) is 14.9 Å². The number of allylic oxidation sites excluding steroid dienone is 1. The maximum atomic E-state index is 15.0. The Morgan fingerprint density at radius 1 is 1.02 bits per heavy atom. The van der Waals surface area contributed by atoms with Crippen molar-refractivity contribution in [2.45, 2.75) is 44.7 Å². The average molecular weight is 659 g/mol. The molecule has 7 rings (SSSR count). The van der Waals surface area contributed by atoms with Gasteiger partial charge >= 0.3 is 6.03 Å². The van der Waals surface area contributed by atoms with Crippen molar-refractivity contribution < 1.29 is 23.4 Å². The van der Waals surface area contributed by atoms with Gasteiger partial charge in [0.05, 0.1) is 27.4 Å². The Bertz CT molecular complexity index is 1740. The van der Waals surface area contributed by atoms with Crippen LogP contribution in [-0.2, 0) is 16.0 Å². The van der Waals surface area contributed by atoms with Crippen molar-refractivity contribution in [1.29, 1.82) is 0 Å². The van der Waals surface area contributed by atoms with E-state index in [1.165, 1.54) is 35.5 Å². The minimum atomic E-state index is -0.569. The Balaban J connectivity index is 0.966. The van der Waals surface area contributed by atoms with Gasteiger partial charge in [-0.3, -0.25) is 14.9 Å². The van der Waals surface area contributed by atoms with Gasteiger partial charge in [-0.05, 0) is 67.5 Å². The number of methoxy groups -OCH3 is 1. The monoisotopic (exact) mass is 658 g/mol. The number of urea groups is 1. The molecule has 3 aromatic heterocycles. The first-order valence-electron chi connectivity index (χ1n) is 16.2. The van der Waals surface area contributed by atoms with Crippen molar-refractivity contribution in [3.8, 4) is 22.1 Å². The molecule has 4 aromatic rings. The van der Waals surface area contributed by atoms with Gasteiger partial charge in [0.1, 0.15) is 12.4 Å². The lowest BCUT2D eigenvalue weighted by Gasteiger charge is -2.38. The van der Waals surface area contributed by atoms with Gasteiger partial charge in [-0.1, -0.05) is 6.07 Å². The highest BCUT2D eigenvalue weighted by Crippen LogP contribution is 2.39. The van der Waals surface area contributed by atoms with Gasteiger partial charge in [0.2, 0.25) is 0 Å². The molecule has 1 aliphatic heterocycles. The smallest absolute Gasteiger partial charge is 0.319 e. The van der Waals surface area contributed by atoms with Crippen LogP contribution in [0.2, 0.25) is 0 Å². The lowest BCUT2D eigenvalue weighted by Crippen LogP contribution is -2.46. The van der Waals surface area contributed by atoms with Crippen molar-refractivity contribution in [2.24, 2.45) is 0 Å². The van der Waals surface area contributed by atoms with E-state index in [1.54, 1.807) is 25.4 Å². The molecule has 0 radical (unpaired) electrons. The Hall–Kier alpha value is -4.26. The number of nitrogens with one attached hydrogen (secondary N) is 2. The van der Waals surface area contributed by atoms with Crippen LogP contribution in [0, 0.1) is 5.82 Å². The molecule has 4 heterocycles. The number of nitrogens with zero attached hydrogens (tertiary/aromatic N) is 4. The van der Waals surface area contributed by atoms with E-state index >= 15 is 0 Å². The number of carbonyl (C=O) groups excluding carboxylic acids is 1. The number of hydrogen-bond donors (Lipinski definition) is 2. The van der Waals surface area contributed by atoms with Crippen LogP contribution in [0.5, 0.6) is 11.5 Å². The van der Waals surface area contributed by atoms with E-state index in [-0.39, 0.29) is 17.8 Å². The first-order chi connectivity index (χ1) is 23.0. The first kappa shape index (κ1) is 31.3. The second-order valence-electron chi connectivity index (χ2n) is 12.2. The molecule has 2 saturated carbocycles. The zero-order valence-corrected chi connectivity index (χ0v) is 27.3. The molecule has 3 fully saturated rings. The number of anilines is 1. The third kappa shape index (κ3) is 7.66. The summed E-state index contributed by atoms with van der Waals surface area (Å²) in [5, 5.41) is 5.49. The number of piperazine rings is 1. The summed E-state index contributed by atoms with van der Waals surface area (Å²) in [6.45, 7) is 5.85. The first-order valence-corrected chi connectivity index (χ1v) is 17.0. The summed E-state index contributed by atoms with van der Waals surface area (Å²) < 4.78 is 33.1. The predicted molar refractivity (Wildman–Crippen MR) is 180 cm³/mol. The zero-order valence-electron chi connectivity index (χ0n) is 26.5. The van der Waals surface area contributed by atoms with E-state index in [0.717, 1.165) is 90.6 Å². The number of amides is 2. The van der Waals surface area contributed by atoms with Gasteiger partial charge in [0.25, 0.3) is 0 Å². The lowest BCUT2D eigenvalue weighted by molar-refractivity contribution is 0.0386. The normalized spacial score (nSPS) is 16.6. The molecule has 0 spiro atoms. The highest BCUT2D eigenvalue weighted by atomic mass is 32.1. The van der Waals surface area contributed by atoms with Crippen molar-refractivity contribution in [3.63, 3.8) is 0 Å². The quantitative estimate of drug-likeness (QED) is 0.127. The number of carbonyl (C=O) groups is 1. The van der Waals surface area contributed by atoms with Crippen LogP contribution >= 0.6 is 11.3 Å². The molecular weight excluding hydrogens is 619 g/mol. The molecule has 2 aliphatic carbocycles. The number of aromatic nitrogens is 2. The molecule has 0 atom stereocenters. The second-order valence-corrected chi connectivity index (χ2v) is 13.2. The fraction of sp³-hybridized carbons (Fsp3) is 0.400. The number of hydrogen-bond acceptors (Lipinski definition) is 9. The van der Waals surface area contributed by atoms with Crippen molar-refractivity contribution >= 4 is 33.3 Å². The highest BCUT2D eigenvalue weighted by Gasteiger charge is 2.26. The van der Waals surface area contributed by atoms with Crippen LogP contribution in [-0.4, -0.2) is 78.3 Å². The number of ether oxygens (including phenoxy) is 3. The molecule has 12 heteroatoms. The van der Waals surface area contributed by atoms with Crippen LogP contribution in [0.15, 0.2) is 66.3 Å². The molecule has 0 unspecified atom stereocenters. The van der Waals surface area contributed by atoms with E-state index < -0.39 is 5.82 Å². The van der Waals surface area contributed by atoms with Crippen molar-refractivity contribution in [2.75, 3.05) is 51.8 Å². The van der Waals surface area contributed by atoms with Gasteiger partial charge in [-0.25, -0.2) is 9.18 Å². The summed E-state index contributed by atoms with van der Waals surface area (Å²) in [6.07, 6.45) is 9.07. The topological polar surface area (TPSA) is 101 Å². The van der Waals surface area contributed by atoms with Crippen LogP contribution in [0.1, 0.15) is 37.7 Å². The molecule has 10 nitrogen and oxygen atoms in total. The molecule has 3 aliphatic rings. The average Bonchev–Trinajstić information content (AvgIpc) is 3.75. The number of pyridine rings is 2. The molecule has 0 bridgehead atoms. The molecule has 2 N–H and O–H groups in total. The van der Waals surface area contributed by atoms with Crippen molar-refractivity contribution in [3.05, 3.63) is 77.7 Å². The third-order valence-electron chi connectivity index (χ3n) is 8.63. The van der Waals surface area contributed by atoms with Crippen LogP contribution < -0.4 is 15.4 Å². The summed E-state index contributed by atoms with van der Waals surface area (Å²) in [5.74, 6) is 1.09. The minimum Gasteiger partial charge on any atom is -0.477 e. The Kier molecular flexibility index (Phi) is 9.50. The summed E-state index contributed by atoms with van der Waals surface area (Å²) in [4.78, 5) is 27.1. The lowest BCUT2D eigenvalue weighted by atomic mass is 9.92. The summed E-state index contributed by atoms with van der Waals surface area (Å²) in [5.41, 5.74) is 4.57. The number of thiophene rings is 1. The van der Waals surface area contributed by atoms with Crippen LogP contribution in [0.25, 0.3) is 20.8 Å². The molecule has 246 valence electrons. The Labute approximate surface area is 277 Å². The standard InChI is InChI=1S/C35H39FN6O4S/c1-44-17-18-45-34(24-3-2-4-24)42-15-13-41(14-16-42)22-23-5-9-28(38-21-23)32-20-29-33(47-32)31(11-12-37-29)46-30-10-8-26(19-27(30)36)40-35(43)39-25-6-7-25/h5,8-12,19-21,25H,2-4,6-7,13-18,22H2,1H3,(H2,39,40,43). The maximum Gasteiger partial charge on any atom is 0.319 e. The zero-order chi connectivity index (χ0) is 32.2. The number of benzene rings is 1. The molecule has 47 heavy (non-hydrogen) atoms. The van der Waals surface area contributed by atoms with Gasteiger partial charge in [0.15, 0.2) is 17.4 Å². The molecular formula is C35H39FN6O4S. The molecule has 1 aromatic carbocycles. The third-order valence-corrected chi connectivity index (χ3v) is 9.79. The van der Waals surface area contributed by atoms with Crippen molar-refractivity contribution in [1.82, 2.24) is 25.1 Å². The molecule has 1 saturated heterocycles. The molecule has 2 amide bonds. The number of fused-ring (bicyclic) bond motifs is 1. The van der Waals surface area contributed by atoms with E-state index in [9.17, 15) is 9.18 Å². The summed E-state index contributed by atoms with van der Waals surface area (Å²) >= 11 is 1.51. The summed E-state index contributed by atoms with van der Waals surface area (Å²) in [7, 11) is 1.70. The van der Waals surface area contributed by atoms with E-state index in [2.05, 4.69) is 31.5 Å². The van der Waals surface area contributed by atoms with Gasteiger partial charge in [-0.15, -0.1) is 11.3 Å². The van der Waals surface area contributed by atoms with Crippen LogP contribution in [0.3, 0.4) is 0 Å². The number of rotatable bonds is 12. The van der Waals surface area contributed by atoms with Gasteiger partial charge in [0, 0.05) is 76.1 Å². The summed E-state index contributed by atoms with van der Waals surface area (Å²) in [6, 6.07) is 12.2. The maximum absolute atomic E-state index is 15.0. The van der Waals surface area contributed by atoms with E-state index in [4.69, 9.17) is 19.2 Å². The van der Waals surface area contributed by atoms with E-state index in [0.29, 0.717) is 24.7 Å². The number of halogens is 1. The Morgan fingerprint density at radius 2 is 1.87 bits per heavy atom. The Morgan fingerprint density at radius 3 is 2.57 bits per heavy atom. The second kappa shape index (κ2) is 14.2. The fourth-order valence-corrected chi connectivity index (χ4v) is 6.76. The van der Waals surface area contributed by atoms with Gasteiger partial charge in [-0.2, -0.15) is 0 Å². The largest absolute Gasteiger partial charge is 0.477 e. The fourth-order valence-electron chi connectivity index (χ4n) is 5.72. The SMILES string of the molecule is COCCOC(=C1CCC1)N1CCN(Cc2ccc(-c3cc4nccc(Oc5ccc(NC(=O)NC6CC6)cc5F)c4s3)nc2)CC1. The van der Waals surface area contributed by atoms with E-state index in [1.807, 2.05) is 18.3 Å².